The van der Waals surface area contributed by atoms with Gasteiger partial charge >= 0.3 is 5.97 Å². The Hall–Kier alpha value is -1.24. The first kappa shape index (κ1) is 16.1. The fourth-order valence-corrected chi connectivity index (χ4v) is 4.08. The van der Waals surface area contributed by atoms with Gasteiger partial charge in [-0.15, -0.1) is 11.8 Å². The summed E-state index contributed by atoms with van der Waals surface area (Å²) in [5.74, 6) is -0.0672. The van der Waals surface area contributed by atoms with Crippen LogP contribution in [0.5, 0.6) is 0 Å². The van der Waals surface area contributed by atoms with E-state index in [1.807, 2.05) is 6.92 Å². The molecule has 0 aromatic carbocycles. The van der Waals surface area contributed by atoms with E-state index < -0.39 is 12.0 Å². The Kier molecular flexibility index (Phi) is 5.50. The molecular formula is C14H22N2O4S. The number of rotatable bonds is 5. The van der Waals surface area contributed by atoms with Crippen molar-refractivity contribution in [2.24, 2.45) is 5.92 Å². The van der Waals surface area contributed by atoms with Gasteiger partial charge < -0.3 is 15.3 Å². The van der Waals surface area contributed by atoms with Crippen LogP contribution in [0.25, 0.3) is 0 Å². The Bertz CT molecular complexity index is 429. The average molecular weight is 314 g/mol. The molecule has 2 rings (SSSR count). The number of carbonyl (C=O) groups excluding carboxylic acids is 2. The molecule has 2 fully saturated rings. The van der Waals surface area contributed by atoms with Crippen LogP contribution in [0.2, 0.25) is 0 Å². The molecule has 2 amide bonds. The molecule has 1 saturated carbocycles. The van der Waals surface area contributed by atoms with Crippen LogP contribution in [0.4, 0.5) is 0 Å². The molecule has 0 aromatic heterocycles. The molecule has 2 N–H and O–H groups in total. The van der Waals surface area contributed by atoms with E-state index in [1.165, 1.54) is 0 Å². The highest BCUT2D eigenvalue weighted by Gasteiger charge is 2.37. The maximum Gasteiger partial charge on any atom is 0.306 e. The van der Waals surface area contributed by atoms with Gasteiger partial charge in [0, 0.05) is 18.2 Å². The number of hydrogen-bond donors (Lipinski definition) is 2. The van der Waals surface area contributed by atoms with E-state index in [0.717, 1.165) is 6.42 Å². The molecule has 1 heterocycles. The van der Waals surface area contributed by atoms with Crippen LogP contribution in [0.15, 0.2) is 0 Å². The number of amides is 2. The first-order valence-electron chi connectivity index (χ1n) is 7.43. The predicted molar refractivity (Wildman–Crippen MR) is 79.8 cm³/mol. The molecule has 1 unspecified atom stereocenters. The number of nitrogens with zero attached hydrogens (tertiary/aromatic N) is 1. The number of carboxylic acids is 1. The number of carboxylic acid groups (broad SMARTS) is 1. The summed E-state index contributed by atoms with van der Waals surface area (Å²) >= 11 is 1.59. The third-order valence-corrected chi connectivity index (χ3v) is 5.11. The van der Waals surface area contributed by atoms with Crippen molar-refractivity contribution in [1.82, 2.24) is 10.2 Å². The van der Waals surface area contributed by atoms with Gasteiger partial charge in [0.25, 0.3) is 0 Å². The maximum absolute atomic E-state index is 12.3. The highest BCUT2D eigenvalue weighted by Crippen LogP contribution is 2.27. The summed E-state index contributed by atoms with van der Waals surface area (Å²) in [4.78, 5) is 36.9. The first-order valence-corrected chi connectivity index (χ1v) is 8.58. The zero-order valence-electron chi connectivity index (χ0n) is 12.2. The summed E-state index contributed by atoms with van der Waals surface area (Å²) < 4.78 is 0. The van der Waals surface area contributed by atoms with E-state index in [9.17, 15) is 14.4 Å². The fourth-order valence-electron chi connectivity index (χ4n) is 2.90. The molecule has 0 spiro atoms. The smallest absolute Gasteiger partial charge is 0.306 e. The summed E-state index contributed by atoms with van der Waals surface area (Å²) in [7, 11) is 0. The molecule has 1 aliphatic heterocycles. The Morgan fingerprint density at radius 2 is 2.10 bits per heavy atom. The van der Waals surface area contributed by atoms with E-state index in [0.29, 0.717) is 37.3 Å². The lowest BCUT2D eigenvalue weighted by molar-refractivity contribution is -0.141. The Labute approximate surface area is 128 Å². The molecule has 21 heavy (non-hydrogen) atoms. The van der Waals surface area contributed by atoms with Crippen molar-refractivity contribution in [3.63, 3.8) is 0 Å². The van der Waals surface area contributed by atoms with Crippen LogP contribution in [0.3, 0.4) is 0 Å². The van der Waals surface area contributed by atoms with Crippen molar-refractivity contribution in [1.29, 1.82) is 0 Å². The van der Waals surface area contributed by atoms with Gasteiger partial charge in [-0.1, -0.05) is 6.92 Å². The summed E-state index contributed by atoms with van der Waals surface area (Å²) in [6, 6.07) is -0.481. The van der Waals surface area contributed by atoms with Crippen molar-refractivity contribution < 1.29 is 19.5 Å². The van der Waals surface area contributed by atoms with Crippen LogP contribution < -0.4 is 5.32 Å². The summed E-state index contributed by atoms with van der Waals surface area (Å²) in [5, 5.41) is 11.9. The van der Waals surface area contributed by atoms with E-state index in [4.69, 9.17) is 5.11 Å². The molecule has 1 aliphatic carbocycles. The second-order valence-electron chi connectivity index (χ2n) is 5.68. The topological polar surface area (TPSA) is 86.7 Å². The molecule has 0 radical (unpaired) electrons. The molecule has 3 atom stereocenters. The van der Waals surface area contributed by atoms with E-state index in [1.54, 1.807) is 16.7 Å². The maximum atomic E-state index is 12.3. The highest BCUT2D eigenvalue weighted by atomic mass is 32.2. The quantitative estimate of drug-likeness (QED) is 0.792. The van der Waals surface area contributed by atoms with Gasteiger partial charge in [-0.25, -0.2) is 0 Å². The van der Waals surface area contributed by atoms with Crippen molar-refractivity contribution in [2.75, 3.05) is 11.6 Å². The van der Waals surface area contributed by atoms with Crippen molar-refractivity contribution in [2.45, 2.75) is 51.1 Å². The lowest BCUT2D eigenvalue weighted by Gasteiger charge is -2.24. The SMILES string of the molecule is CCCC(=O)N1CSCC1C(=O)N[C@H]1CC[C@@H](C(=O)O)C1. The zero-order chi connectivity index (χ0) is 15.4. The predicted octanol–water partition coefficient (Wildman–Crippen LogP) is 1.06. The van der Waals surface area contributed by atoms with E-state index in [2.05, 4.69) is 5.32 Å². The molecule has 0 bridgehead atoms. The Morgan fingerprint density at radius 3 is 2.71 bits per heavy atom. The summed E-state index contributed by atoms with van der Waals surface area (Å²) in [6.45, 7) is 1.95. The second-order valence-corrected chi connectivity index (χ2v) is 6.68. The normalized spacial score (nSPS) is 28.6. The number of thioether (sulfide) groups is 1. The monoisotopic (exact) mass is 314 g/mol. The van der Waals surface area contributed by atoms with E-state index in [-0.39, 0.29) is 23.8 Å². The minimum Gasteiger partial charge on any atom is -0.481 e. The van der Waals surface area contributed by atoms with Gasteiger partial charge in [0.05, 0.1) is 11.8 Å². The third-order valence-electron chi connectivity index (χ3n) is 4.10. The van der Waals surface area contributed by atoms with Crippen molar-refractivity contribution in [3.8, 4) is 0 Å². The number of hydrogen-bond acceptors (Lipinski definition) is 4. The fraction of sp³-hybridized carbons (Fsp3) is 0.786. The zero-order valence-corrected chi connectivity index (χ0v) is 13.0. The molecule has 118 valence electrons. The molecule has 6 nitrogen and oxygen atoms in total. The van der Waals surface area contributed by atoms with Crippen molar-refractivity contribution in [3.05, 3.63) is 0 Å². The molecule has 1 saturated heterocycles. The van der Waals surface area contributed by atoms with Gasteiger partial charge in [0.15, 0.2) is 0 Å². The van der Waals surface area contributed by atoms with Gasteiger partial charge in [0.2, 0.25) is 11.8 Å². The largest absolute Gasteiger partial charge is 0.481 e. The van der Waals surface area contributed by atoms with Crippen LogP contribution in [0.1, 0.15) is 39.0 Å². The number of nitrogens with one attached hydrogen (secondary N) is 1. The van der Waals surface area contributed by atoms with Crippen molar-refractivity contribution >= 4 is 29.5 Å². The highest BCUT2D eigenvalue weighted by molar-refractivity contribution is 7.99. The minimum atomic E-state index is -0.789. The number of aliphatic carboxylic acids is 1. The minimum absolute atomic E-state index is 0.0254. The lowest BCUT2D eigenvalue weighted by atomic mass is 10.1. The van der Waals surface area contributed by atoms with Gasteiger partial charge in [0.1, 0.15) is 6.04 Å². The van der Waals surface area contributed by atoms with Crippen LogP contribution in [-0.4, -0.2) is 51.5 Å². The van der Waals surface area contributed by atoms with Crippen LogP contribution in [-0.2, 0) is 14.4 Å². The number of carbonyl (C=O) groups is 3. The molecule has 2 aliphatic rings. The molecule has 0 aromatic rings. The third kappa shape index (κ3) is 3.90. The van der Waals surface area contributed by atoms with Gasteiger partial charge in [-0.3, -0.25) is 14.4 Å². The van der Waals surface area contributed by atoms with Gasteiger partial charge in [-0.2, -0.15) is 0 Å². The Balaban J connectivity index is 1.88. The lowest BCUT2D eigenvalue weighted by Crippen LogP contribution is -2.49. The van der Waals surface area contributed by atoms with Crippen LogP contribution >= 0.6 is 11.8 Å². The molecular weight excluding hydrogens is 292 g/mol. The summed E-state index contributed by atoms with van der Waals surface area (Å²) in [6.07, 6.45) is 3.04. The van der Waals surface area contributed by atoms with Gasteiger partial charge in [-0.05, 0) is 25.7 Å². The second kappa shape index (κ2) is 7.15. The van der Waals surface area contributed by atoms with Crippen LogP contribution in [0, 0.1) is 5.92 Å². The average Bonchev–Trinajstić information content (AvgIpc) is 3.07. The summed E-state index contributed by atoms with van der Waals surface area (Å²) in [5.41, 5.74) is 0. The van der Waals surface area contributed by atoms with E-state index >= 15 is 0 Å². The first-order chi connectivity index (χ1) is 10.0. The Morgan fingerprint density at radius 1 is 1.33 bits per heavy atom. The standard InChI is InChI=1S/C14H22N2O4S/c1-2-3-12(17)16-8-21-7-11(16)13(18)15-10-5-4-9(6-10)14(19)20/h9-11H,2-8H2,1H3,(H,15,18)(H,19,20)/t9-,10+,11?/m1/s1. The molecule has 7 heteroatoms.